The summed E-state index contributed by atoms with van der Waals surface area (Å²) in [7, 11) is 4.35. The molecule has 1 fully saturated rings. The molecule has 1 unspecified atom stereocenters. The van der Waals surface area contributed by atoms with Gasteiger partial charge in [-0.1, -0.05) is 48.7 Å². The van der Waals surface area contributed by atoms with Crippen LogP contribution in [-0.2, 0) is 9.59 Å². The average molecular weight is 494 g/mol. The van der Waals surface area contributed by atoms with Gasteiger partial charge in [-0.3, -0.25) is 9.59 Å². The molecule has 0 radical (unpaired) electrons. The van der Waals surface area contributed by atoms with Gasteiger partial charge in [-0.25, -0.2) is 0 Å². The summed E-state index contributed by atoms with van der Waals surface area (Å²) >= 11 is 12.4. The highest BCUT2D eigenvalue weighted by Crippen LogP contribution is 2.47. The van der Waals surface area contributed by atoms with Gasteiger partial charge in [0.05, 0.1) is 43.5 Å². The summed E-state index contributed by atoms with van der Waals surface area (Å²) in [5, 5.41) is 11.7. The van der Waals surface area contributed by atoms with Crippen LogP contribution in [0.1, 0.15) is 36.9 Å². The van der Waals surface area contributed by atoms with Crippen LogP contribution >= 0.6 is 23.2 Å². The monoisotopic (exact) mass is 493 g/mol. The van der Waals surface area contributed by atoms with E-state index in [4.69, 9.17) is 37.4 Å². The first-order valence-electron chi connectivity index (χ1n) is 10.3. The topological polar surface area (TPSA) is 85.3 Å². The SMILES string of the molecule is CCCCN1C(=O)C(=O)/C(=C(/O)c2cc(Cl)cc(Cl)c2OC)C1c1cccc(OC)c1OC. The zero-order valence-electron chi connectivity index (χ0n) is 18.8. The van der Waals surface area contributed by atoms with Crippen molar-refractivity contribution < 1.29 is 28.9 Å². The van der Waals surface area contributed by atoms with E-state index in [1.54, 1.807) is 18.2 Å². The number of likely N-dealkylation sites (tertiary alicyclic amines) is 1. The van der Waals surface area contributed by atoms with E-state index in [1.807, 2.05) is 6.92 Å². The smallest absolute Gasteiger partial charge is 0.295 e. The third kappa shape index (κ3) is 4.48. The maximum absolute atomic E-state index is 13.2. The quantitative estimate of drug-likeness (QED) is 0.307. The highest BCUT2D eigenvalue weighted by molar-refractivity contribution is 6.47. The molecular formula is C24H25Cl2NO6. The van der Waals surface area contributed by atoms with Crippen molar-refractivity contribution in [2.75, 3.05) is 27.9 Å². The van der Waals surface area contributed by atoms with Crippen LogP contribution in [0.5, 0.6) is 17.2 Å². The van der Waals surface area contributed by atoms with E-state index in [1.165, 1.54) is 38.4 Å². The van der Waals surface area contributed by atoms with E-state index in [0.717, 1.165) is 6.42 Å². The van der Waals surface area contributed by atoms with Crippen molar-refractivity contribution in [3.05, 3.63) is 57.1 Å². The fourth-order valence-corrected chi connectivity index (χ4v) is 4.55. The second-order valence-corrected chi connectivity index (χ2v) is 8.24. The lowest BCUT2D eigenvalue weighted by atomic mass is 9.94. The molecule has 0 saturated carbocycles. The summed E-state index contributed by atoms with van der Waals surface area (Å²) in [5.74, 6) is -1.06. The molecule has 1 aliphatic rings. The normalized spacial score (nSPS) is 17.4. The van der Waals surface area contributed by atoms with Gasteiger partial charge in [0.25, 0.3) is 11.7 Å². The molecule has 0 aliphatic carbocycles. The predicted molar refractivity (Wildman–Crippen MR) is 126 cm³/mol. The number of ether oxygens (including phenoxy) is 3. The first-order valence-corrected chi connectivity index (χ1v) is 11.1. The standard InChI is InChI=1S/C24H25Cl2NO6/c1-5-6-10-27-19(14-8-7-9-17(31-2)23(14)33-4)18(21(29)24(27)30)20(28)15-11-13(25)12-16(26)22(15)32-3/h7-9,11-12,19,28H,5-6,10H2,1-4H3/b20-18+. The lowest BCUT2D eigenvalue weighted by molar-refractivity contribution is -0.139. The summed E-state index contributed by atoms with van der Waals surface area (Å²) in [6.45, 7) is 2.30. The molecule has 1 N–H and O–H groups in total. The van der Waals surface area contributed by atoms with Crippen LogP contribution < -0.4 is 14.2 Å². The number of carbonyl (C=O) groups excluding carboxylic acids is 2. The van der Waals surface area contributed by atoms with Crippen molar-refractivity contribution in [1.82, 2.24) is 4.90 Å². The first-order chi connectivity index (χ1) is 15.8. The molecule has 2 aromatic rings. The summed E-state index contributed by atoms with van der Waals surface area (Å²) in [6, 6.07) is 7.14. The second-order valence-electron chi connectivity index (χ2n) is 7.40. The minimum absolute atomic E-state index is 0.107. The summed E-state index contributed by atoms with van der Waals surface area (Å²) < 4.78 is 16.3. The molecule has 1 saturated heterocycles. The molecule has 176 valence electrons. The van der Waals surface area contributed by atoms with E-state index < -0.39 is 23.5 Å². The van der Waals surface area contributed by atoms with Crippen molar-refractivity contribution in [2.45, 2.75) is 25.8 Å². The van der Waals surface area contributed by atoms with E-state index in [0.29, 0.717) is 30.0 Å². The zero-order chi connectivity index (χ0) is 24.3. The van der Waals surface area contributed by atoms with Crippen molar-refractivity contribution in [3.8, 4) is 17.2 Å². The average Bonchev–Trinajstić information content (AvgIpc) is 3.05. The number of ketones is 1. The van der Waals surface area contributed by atoms with Gasteiger partial charge in [-0.15, -0.1) is 0 Å². The Bertz CT molecular complexity index is 1110. The number of aliphatic hydroxyl groups is 1. The summed E-state index contributed by atoms with van der Waals surface area (Å²) in [6.07, 6.45) is 1.48. The van der Waals surface area contributed by atoms with Crippen molar-refractivity contribution in [2.24, 2.45) is 0 Å². The van der Waals surface area contributed by atoms with E-state index in [2.05, 4.69) is 0 Å². The van der Waals surface area contributed by atoms with Crippen LogP contribution in [0.4, 0.5) is 0 Å². The Labute approximate surface area is 202 Å². The maximum atomic E-state index is 13.2. The number of carbonyl (C=O) groups is 2. The molecule has 33 heavy (non-hydrogen) atoms. The number of hydrogen-bond donors (Lipinski definition) is 1. The maximum Gasteiger partial charge on any atom is 0.295 e. The number of amides is 1. The molecule has 1 aliphatic heterocycles. The van der Waals surface area contributed by atoms with E-state index >= 15 is 0 Å². The highest BCUT2D eigenvalue weighted by Gasteiger charge is 2.47. The van der Waals surface area contributed by atoms with Gasteiger partial charge >= 0.3 is 0 Å². The Hall–Kier alpha value is -2.90. The Morgan fingerprint density at radius 1 is 1.06 bits per heavy atom. The number of Topliss-reactive ketones (excluding diaryl/α,β-unsaturated/α-hetero) is 1. The highest BCUT2D eigenvalue weighted by atomic mass is 35.5. The predicted octanol–water partition coefficient (Wildman–Crippen LogP) is 5.24. The Kier molecular flexibility index (Phi) is 7.76. The minimum Gasteiger partial charge on any atom is -0.507 e. The number of aliphatic hydroxyl groups excluding tert-OH is 1. The van der Waals surface area contributed by atoms with E-state index in [9.17, 15) is 14.7 Å². The molecule has 9 heteroatoms. The number of halogens is 2. The molecule has 7 nitrogen and oxygen atoms in total. The zero-order valence-corrected chi connectivity index (χ0v) is 20.3. The lowest BCUT2D eigenvalue weighted by Crippen LogP contribution is -2.30. The minimum atomic E-state index is -0.913. The summed E-state index contributed by atoms with van der Waals surface area (Å²) in [4.78, 5) is 27.7. The summed E-state index contributed by atoms with van der Waals surface area (Å²) in [5.41, 5.74) is 0.496. The van der Waals surface area contributed by atoms with E-state index in [-0.39, 0.29) is 26.9 Å². The number of benzene rings is 2. The van der Waals surface area contributed by atoms with Crippen LogP contribution in [0.25, 0.3) is 5.76 Å². The van der Waals surface area contributed by atoms with Crippen molar-refractivity contribution >= 4 is 40.7 Å². The lowest BCUT2D eigenvalue weighted by Gasteiger charge is -2.27. The number of methoxy groups -OCH3 is 3. The fraction of sp³-hybridized carbons (Fsp3) is 0.333. The third-order valence-corrected chi connectivity index (χ3v) is 5.99. The Balaban J connectivity index is 2.34. The molecular weight excluding hydrogens is 469 g/mol. The number of nitrogens with zero attached hydrogens (tertiary/aromatic N) is 1. The molecule has 1 atom stereocenters. The van der Waals surface area contributed by atoms with Crippen LogP contribution in [-0.4, -0.2) is 49.6 Å². The molecule has 1 amide bonds. The van der Waals surface area contributed by atoms with Crippen LogP contribution in [0.2, 0.25) is 10.0 Å². The van der Waals surface area contributed by atoms with Gasteiger partial charge in [0.1, 0.15) is 11.5 Å². The van der Waals surface area contributed by atoms with Crippen molar-refractivity contribution in [1.29, 1.82) is 0 Å². The Morgan fingerprint density at radius 3 is 2.36 bits per heavy atom. The molecule has 0 spiro atoms. The molecule has 2 aromatic carbocycles. The van der Waals surface area contributed by atoms with Gasteiger partial charge in [0.15, 0.2) is 11.5 Å². The first kappa shape index (κ1) is 24.7. The molecule has 1 heterocycles. The van der Waals surface area contributed by atoms with Gasteiger partial charge in [0, 0.05) is 17.1 Å². The van der Waals surface area contributed by atoms with Gasteiger partial charge in [-0.05, 0) is 24.6 Å². The Morgan fingerprint density at radius 2 is 1.76 bits per heavy atom. The van der Waals surface area contributed by atoms with Crippen LogP contribution in [0, 0.1) is 0 Å². The molecule has 3 rings (SSSR count). The number of hydrogen-bond acceptors (Lipinski definition) is 6. The number of unbranched alkanes of at least 4 members (excludes halogenated alkanes) is 1. The van der Waals surface area contributed by atoms with Crippen LogP contribution in [0.3, 0.4) is 0 Å². The largest absolute Gasteiger partial charge is 0.507 e. The van der Waals surface area contributed by atoms with Crippen molar-refractivity contribution in [3.63, 3.8) is 0 Å². The fourth-order valence-electron chi connectivity index (χ4n) is 3.98. The number of para-hydroxylation sites is 1. The van der Waals surface area contributed by atoms with Crippen LogP contribution in [0.15, 0.2) is 35.9 Å². The van der Waals surface area contributed by atoms with Gasteiger partial charge in [-0.2, -0.15) is 0 Å². The third-order valence-electron chi connectivity index (χ3n) is 5.49. The second kappa shape index (κ2) is 10.4. The number of rotatable bonds is 8. The van der Waals surface area contributed by atoms with Gasteiger partial charge < -0.3 is 24.2 Å². The molecule has 0 aromatic heterocycles. The molecule has 0 bridgehead atoms. The van der Waals surface area contributed by atoms with Gasteiger partial charge in [0.2, 0.25) is 0 Å².